The van der Waals surface area contributed by atoms with Crippen LogP contribution in [-0.4, -0.2) is 85.4 Å². The molecule has 3 rings (SSSR count). The molecule has 2 heterocycles. The van der Waals surface area contributed by atoms with Crippen LogP contribution in [0.2, 0.25) is 0 Å². The van der Waals surface area contributed by atoms with Crippen LogP contribution in [-0.2, 0) is 21.2 Å². The van der Waals surface area contributed by atoms with Crippen LogP contribution in [0.4, 0.5) is 10.5 Å². The molecule has 1 aliphatic heterocycles. The van der Waals surface area contributed by atoms with Crippen molar-refractivity contribution in [2.75, 3.05) is 31.5 Å². The van der Waals surface area contributed by atoms with Crippen molar-refractivity contribution in [3.05, 3.63) is 35.2 Å². The summed E-state index contributed by atoms with van der Waals surface area (Å²) in [6.07, 6.45) is -0.556. The number of likely N-dealkylation sites (N-methyl/N-ethyl adjacent to an activating group) is 1. The molecule has 0 fully saturated rings. The maximum atomic E-state index is 13.4. The van der Waals surface area contributed by atoms with Crippen molar-refractivity contribution in [2.45, 2.75) is 71.0 Å². The molecule has 1 aliphatic rings. The molecule has 0 radical (unpaired) electrons. The van der Waals surface area contributed by atoms with Crippen molar-refractivity contribution < 1.29 is 32.4 Å². The molecular weight excluding hydrogens is 526 g/mol. The van der Waals surface area contributed by atoms with Crippen LogP contribution in [0, 0.1) is 19.8 Å². The van der Waals surface area contributed by atoms with Crippen molar-refractivity contribution in [2.24, 2.45) is 5.92 Å². The van der Waals surface area contributed by atoms with Gasteiger partial charge in [0.2, 0.25) is 5.91 Å². The van der Waals surface area contributed by atoms with Crippen LogP contribution in [0.3, 0.4) is 0 Å². The van der Waals surface area contributed by atoms with Crippen LogP contribution in [0.15, 0.2) is 27.6 Å². The SMILES string of the molecule is Cc1noc(C)c1S(=O)(=O)Nc1ccc2c(c1)CC(=O)N([C@H](C)CO)C[C@H](C)[C@@H](CN(C)C(=O)NC(C)C)O2. The van der Waals surface area contributed by atoms with E-state index in [1.165, 1.54) is 18.7 Å². The smallest absolute Gasteiger partial charge is 0.317 e. The first kappa shape index (κ1) is 30.2. The van der Waals surface area contributed by atoms with Gasteiger partial charge in [-0.2, -0.15) is 0 Å². The number of hydrogen-bond acceptors (Lipinski definition) is 8. The molecule has 0 saturated carbocycles. The lowest BCUT2D eigenvalue weighted by molar-refractivity contribution is -0.134. The minimum atomic E-state index is -4.00. The molecular formula is C26H39N5O7S. The summed E-state index contributed by atoms with van der Waals surface area (Å²) >= 11 is 0. The predicted molar refractivity (Wildman–Crippen MR) is 145 cm³/mol. The lowest BCUT2D eigenvalue weighted by atomic mass is 10.0. The van der Waals surface area contributed by atoms with E-state index in [-0.39, 0.29) is 65.5 Å². The van der Waals surface area contributed by atoms with Gasteiger partial charge in [0.15, 0.2) is 10.7 Å². The van der Waals surface area contributed by atoms with Crippen molar-refractivity contribution in [3.63, 3.8) is 0 Å². The molecule has 0 unspecified atom stereocenters. The summed E-state index contributed by atoms with van der Waals surface area (Å²) < 4.78 is 40.1. The van der Waals surface area contributed by atoms with Crippen LogP contribution < -0.4 is 14.8 Å². The van der Waals surface area contributed by atoms with E-state index in [1.807, 2.05) is 20.8 Å². The Bertz CT molecular complexity index is 1270. The Balaban J connectivity index is 1.98. The number of hydrogen-bond donors (Lipinski definition) is 3. The molecule has 1 aromatic heterocycles. The average molecular weight is 566 g/mol. The zero-order valence-electron chi connectivity index (χ0n) is 23.5. The van der Waals surface area contributed by atoms with Crippen LogP contribution in [0.25, 0.3) is 0 Å². The number of amides is 3. The van der Waals surface area contributed by atoms with E-state index in [9.17, 15) is 23.1 Å². The highest BCUT2D eigenvalue weighted by Crippen LogP contribution is 2.31. The minimum absolute atomic E-state index is 0.0364. The summed E-state index contributed by atoms with van der Waals surface area (Å²) in [4.78, 5) is 29.1. The molecule has 3 amide bonds. The topological polar surface area (TPSA) is 154 Å². The van der Waals surface area contributed by atoms with Crippen molar-refractivity contribution in [3.8, 4) is 5.75 Å². The maximum absolute atomic E-state index is 13.4. The molecule has 12 nitrogen and oxygen atoms in total. The molecule has 0 spiro atoms. The second-order valence-corrected chi connectivity index (χ2v) is 12.1. The highest BCUT2D eigenvalue weighted by molar-refractivity contribution is 7.92. The Morgan fingerprint density at radius 3 is 2.56 bits per heavy atom. The van der Waals surface area contributed by atoms with E-state index in [1.54, 1.807) is 37.1 Å². The number of sulfonamides is 1. The number of fused-ring (bicyclic) bond motifs is 1. The van der Waals surface area contributed by atoms with Gasteiger partial charge in [-0.3, -0.25) is 9.52 Å². The monoisotopic (exact) mass is 565 g/mol. The fraction of sp³-hybridized carbons (Fsp3) is 0.577. The first-order valence-electron chi connectivity index (χ1n) is 12.9. The Hall–Kier alpha value is -3.32. The van der Waals surface area contributed by atoms with E-state index < -0.39 is 22.2 Å². The molecule has 39 heavy (non-hydrogen) atoms. The summed E-state index contributed by atoms with van der Waals surface area (Å²) in [6.45, 7) is 10.8. The van der Waals surface area contributed by atoms with Gasteiger partial charge >= 0.3 is 6.03 Å². The number of aromatic nitrogens is 1. The third-order valence-corrected chi connectivity index (χ3v) is 8.24. The van der Waals surface area contributed by atoms with Gasteiger partial charge in [-0.1, -0.05) is 12.1 Å². The number of benzene rings is 1. The standard InChI is InChI=1S/C26H39N5O7S/c1-15(2)27-26(34)30(7)13-23-16(3)12-31(17(4)14-32)24(33)11-20-10-21(8-9-22(20)37-23)29-39(35,36)25-18(5)28-38-19(25)6/h8-10,15-17,23,29,32H,11-14H2,1-7H3,(H,27,34)/t16-,17+,23+/m0/s1. The fourth-order valence-electron chi connectivity index (χ4n) is 4.49. The molecule has 0 aliphatic carbocycles. The summed E-state index contributed by atoms with van der Waals surface area (Å²) in [5.41, 5.74) is 0.948. The van der Waals surface area contributed by atoms with E-state index in [2.05, 4.69) is 15.2 Å². The number of urea groups is 1. The lowest BCUT2D eigenvalue weighted by Gasteiger charge is -2.34. The van der Waals surface area contributed by atoms with E-state index in [0.717, 1.165) is 0 Å². The highest BCUT2D eigenvalue weighted by atomic mass is 32.2. The number of ether oxygens (including phenoxy) is 1. The number of nitrogens with zero attached hydrogens (tertiary/aromatic N) is 3. The number of rotatable bonds is 8. The first-order chi connectivity index (χ1) is 18.2. The number of nitrogens with one attached hydrogen (secondary N) is 2. The van der Waals surface area contributed by atoms with Gasteiger partial charge in [0, 0.05) is 36.8 Å². The van der Waals surface area contributed by atoms with Crippen molar-refractivity contribution in [1.29, 1.82) is 0 Å². The third-order valence-electron chi connectivity index (χ3n) is 6.62. The number of aliphatic hydroxyl groups excluding tert-OH is 1. The molecule has 3 N–H and O–H groups in total. The Kier molecular flexibility index (Phi) is 9.49. The summed E-state index contributed by atoms with van der Waals surface area (Å²) in [5, 5.41) is 16.4. The van der Waals surface area contributed by atoms with Crippen LogP contribution >= 0.6 is 0 Å². The zero-order valence-corrected chi connectivity index (χ0v) is 24.3. The average Bonchev–Trinajstić information content (AvgIpc) is 3.21. The van der Waals surface area contributed by atoms with Crippen LogP contribution in [0.1, 0.15) is 44.7 Å². The fourth-order valence-corrected chi connectivity index (χ4v) is 5.87. The second kappa shape index (κ2) is 12.2. The summed E-state index contributed by atoms with van der Waals surface area (Å²) in [5.74, 6) is 0.153. The van der Waals surface area contributed by atoms with Gasteiger partial charge in [0.1, 0.15) is 17.5 Å². The van der Waals surface area contributed by atoms with Gasteiger partial charge in [-0.15, -0.1) is 0 Å². The van der Waals surface area contributed by atoms with Gasteiger partial charge in [0.05, 0.1) is 25.6 Å². The molecule has 1 aromatic carbocycles. The Morgan fingerprint density at radius 2 is 1.97 bits per heavy atom. The zero-order chi connectivity index (χ0) is 29.1. The minimum Gasteiger partial charge on any atom is -0.488 e. The van der Waals surface area contributed by atoms with E-state index in [0.29, 0.717) is 17.9 Å². The number of aliphatic hydroxyl groups is 1. The molecule has 13 heteroatoms. The maximum Gasteiger partial charge on any atom is 0.317 e. The van der Waals surface area contributed by atoms with Gasteiger partial charge in [0.25, 0.3) is 10.0 Å². The van der Waals surface area contributed by atoms with Crippen molar-refractivity contribution >= 4 is 27.6 Å². The number of anilines is 1. The molecule has 0 bridgehead atoms. The molecule has 216 valence electrons. The van der Waals surface area contributed by atoms with Gasteiger partial charge < -0.3 is 29.5 Å². The van der Waals surface area contributed by atoms with Gasteiger partial charge in [-0.25, -0.2) is 13.2 Å². The molecule has 3 atom stereocenters. The predicted octanol–water partition coefficient (Wildman–Crippen LogP) is 2.29. The van der Waals surface area contributed by atoms with E-state index >= 15 is 0 Å². The largest absolute Gasteiger partial charge is 0.488 e. The van der Waals surface area contributed by atoms with Crippen LogP contribution in [0.5, 0.6) is 5.75 Å². The second-order valence-electron chi connectivity index (χ2n) is 10.5. The van der Waals surface area contributed by atoms with Gasteiger partial charge in [-0.05, 0) is 52.8 Å². The number of carbonyl (C=O) groups is 2. The molecule has 2 aromatic rings. The Labute approximate surface area is 229 Å². The van der Waals surface area contributed by atoms with Crippen molar-refractivity contribution in [1.82, 2.24) is 20.3 Å². The highest BCUT2D eigenvalue weighted by Gasteiger charge is 2.32. The quantitative estimate of drug-likeness (QED) is 0.441. The van der Waals surface area contributed by atoms with E-state index in [4.69, 9.17) is 9.26 Å². The number of aryl methyl sites for hydroxylation is 2. The summed E-state index contributed by atoms with van der Waals surface area (Å²) in [6, 6.07) is 4.01. The first-order valence-corrected chi connectivity index (χ1v) is 14.4. The summed E-state index contributed by atoms with van der Waals surface area (Å²) in [7, 11) is -2.33. The lowest BCUT2D eigenvalue weighted by Crippen LogP contribution is -2.49. The Morgan fingerprint density at radius 1 is 1.28 bits per heavy atom. The molecule has 0 saturated heterocycles. The normalized spacial score (nSPS) is 18.9. The number of carbonyl (C=O) groups excluding carboxylic acids is 2. The third kappa shape index (κ3) is 7.21.